The Hall–Kier alpha value is -3.10. The van der Waals surface area contributed by atoms with Gasteiger partial charge in [-0.25, -0.2) is 4.98 Å². The zero-order chi connectivity index (χ0) is 24.8. The monoisotopic (exact) mass is 474 g/mol. The average Bonchev–Trinajstić information content (AvgIpc) is 3.20. The van der Waals surface area contributed by atoms with Crippen LogP contribution in [0.1, 0.15) is 62.8 Å². The Morgan fingerprint density at radius 1 is 1.24 bits per heavy atom. The molecule has 1 atom stereocenters. The maximum atomic E-state index is 13.0. The van der Waals surface area contributed by atoms with Gasteiger partial charge in [-0.15, -0.1) is 0 Å². The first-order valence-corrected chi connectivity index (χ1v) is 11.5. The van der Waals surface area contributed by atoms with Gasteiger partial charge < -0.3 is 10.0 Å². The molecule has 182 valence electrons. The van der Waals surface area contributed by atoms with Crippen molar-refractivity contribution in [3.63, 3.8) is 0 Å². The van der Waals surface area contributed by atoms with Gasteiger partial charge in [-0.3, -0.25) is 4.79 Å². The number of anilines is 1. The molecule has 1 fully saturated rings. The molecule has 0 bridgehead atoms. The molecule has 1 N–H and O–H groups in total. The topological polar surface area (TPSA) is 70.7 Å². The third-order valence-electron chi connectivity index (χ3n) is 6.90. The number of hydrogen-bond acceptors (Lipinski definition) is 4. The van der Waals surface area contributed by atoms with Gasteiger partial charge in [0.25, 0.3) is 0 Å². The molecular weight excluding hydrogens is 445 g/mol. The maximum Gasteiger partial charge on any atom is 0.416 e. The molecule has 2 aromatic heterocycles. The number of aliphatic carboxylic acids is 1. The first kappa shape index (κ1) is 24.0. The molecule has 9 heteroatoms. The lowest BCUT2D eigenvalue weighted by molar-refractivity contribution is -0.149. The third kappa shape index (κ3) is 4.12. The van der Waals surface area contributed by atoms with Crippen LogP contribution in [-0.2, 0) is 11.0 Å². The summed E-state index contributed by atoms with van der Waals surface area (Å²) >= 11 is 0. The first-order chi connectivity index (χ1) is 16.0. The number of carboxylic acids is 1. The van der Waals surface area contributed by atoms with E-state index in [1.807, 2.05) is 13.8 Å². The van der Waals surface area contributed by atoms with Gasteiger partial charge in [0.1, 0.15) is 5.82 Å². The lowest BCUT2D eigenvalue weighted by atomic mass is 9.77. The van der Waals surface area contributed by atoms with Crippen molar-refractivity contribution in [1.82, 2.24) is 14.6 Å². The molecule has 0 saturated carbocycles. The van der Waals surface area contributed by atoms with Gasteiger partial charge in [0.2, 0.25) is 0 Å². The van der Waals surface area contributed by atoms with Crippen molar-refractivity contribution in [1.29, 1.82) is 0 Å². The second kappa shape index (κ2) is 8.60. The number of hydrogen-bond donors (Lipinski definition) is 1. The van der Waals surface area contributed by atoms with Crippen LogP contribution in [0, 0.1) is 12.3 Å². The van der Waals surface area contributed by atoms with Crippen LogP contribution in [0.2, 0.25) is 0 Å². The van der Waals surface area contributed by atoms with E-state index in [9.17, 15) is 23.1 Å². The molecule has 4 rings (SSSR count). The summed E-state index contributed by atoms with van der Waals surface area (Å²) in [5, 5.41) is 14.7. The van der Waals surface area contributed by atoms with Gasteiger partial charge in [0.15, 0.2) is 5.65 Å². The van der Waals surface area contributed by atoms with Crippen LogP contribution in [0.25, 0.3) is 16.9 Å². The molecule has 3 heterocycles. The molecule has 1 aliphatic heterocycles. The second-order valence-electron chi connectivity index (χ2n) is 9.43. The molecule has 0 amide bonds. The Morgan fingerprint density at radius 2 is 1.91 bits per heavy atom. The van der Waals surface area contributed by atoms with Gasteiger partial charge >= 0.3 is 12.1 Å². The van der Waals surface area contributed by atoms with Gasteiger partial charge in [0, 0.05) is 36.0 Å². The zero-order valence-corrected chi connectivity index (χ0v) is 19.8. The lowest BCUT2D eigenvalue weighted by Gasteiger charge is -2.41. The number of piperidine rings is 1. The van der Waals surface area contributed by atoms with E-state index in [4.69, 9.17) is 10.1 Å². The average molecular weight is 475 g/mol. The fourth-order valence-electron chi connectivity index (χ4n) is 4.99. The number of alkyl halides is 3. The number of carbonyl (C=O) groups is 1. The Kier molecular flexibility index (Phi) is 6.08. The highest BCUT2D eigenvalue weighted by Crippen LogP contribution is 2.39. The van der Waals surface area contributed by atoms with Gasteiger partial charge in [-0.1, -0.05) is 32.9 Å². The number of fused-ring (bicyclic) bond motifs is 1. The Labute approximate surface area is 196 Å². The predicted molar refractivity (Wildman–Crippen MR) is 124 cm³/mol. The molecule has 34 heavy (non-hydrogen) atoms. The smallest absolute Gasteiger partial charge is 0.416 e. The number of nitrogens with zero attached hydrogens (tertiary/aromatic N) is 4. The van der Waals surface area contributed by atoms with Crippen molar-refractivity contribution >= 4 is 17.4 Å². The van der Waals surface area contributed by atoms with Crippen LogP contribution in [0.4, 0.5) is 19.0 Å². The second-order valence-corrected chi connectivity index (χ2v) is 9.43. The van der Waals surface area contributed by atoms with Crippen LogP contribution in [0.5, 0.6) is 0 Å². The van der Waals surface area contributed by atoms with E-state index in [-0.39, 0.29) is 5.92 Å². The number of aryl methyl sites for hydroxylation is 1. The summed E-state index contributed by atoms with van der Waals surface area (Å²) in [7, 11) is 0. The molecule has 1 saturated heterocycles. The summed E-state index contributed by atoms with van der Waals surface area (Å²) in [6.07, 6.45) is -2.51. The van der Waals surface area contributed by atoms with Crippen molar-refractivity contribution in [2.24, 2.45) is 5.41 Å². The minimum Gasteiger partial charge on any atom is -0.481 e. The maximum absolute atomic E-state index is 13.0. The number of halogens is 3. The molecule has 3 aromatic rings. The highest BCUT2D eigenvalue weighted by Gasteiger charge is 2.42. The SMILES string of the molecule is CCC1(C(=O)O)CCCN(c2c(C(C)C)c(C)nc3cc(-c4ccc(C(F)(F)F)cc4)nn23)C1. The molecule has 0 spiro atoms. The highest BCUT2D eigenvalue weighted by molar-refractivity contribution is 5.76. The quantitative estimate of drug-likeness (QED) is 0.496. The van der Waals surface area contributed by atoms with Crippen molar-refractivity contribution in [2.45, 2.75) is 59.1 Å². The number of benzene rings is 1. The van der Waals surface area contributed by atoms with Crippen LogP contribution in [0.3, 0.4) is 0 Å². The first-order valence-electron chi connectivity index (χ1n) is 11.5. The highest BCUT2D eigenvalue weighted by atomic mass is 19.4. The summed E-state index contributed by atoms with van der Waals surface area (Å²) in [5.41, 5.74) is 1.93. The van der Waals surface area contributed by atoms with Gasteiger partial charge in [0.05, 0.1) is 16.7 Å². The van der Waals surface area contributed by atoms with E-state index in [0.717, 1.165) is 35.6 Å². The molecule has 6 nitrogen and oxygen atoms in total. The minimum atomic E-state index is -4.40. The van der Waals surface area contributed by atoms with Crippen molar-refractivity contribution in [2.75, 3.05) is 18.0 Å². The van der Waals surface area contributed by atoms with Crippen LogP contribution in [0.15, 0.2) is 30.3 Å². The summed E-state index contributed by atoms with van der Waals surface area (Å²) in [6, 6.07) is 6.68. The van der Waals surface area contributed by atoms with E-state index >= 15 is 0 Å². The van der Waals surface area contributed by atoms with Crippen LogP contribution in [-0.4, -0.2) is 38.8 Å². The van der Waals surface area contributed by atoms with E-state index < -0.39 is 23.1 Å². The van der Waals surface area contributed by atoms with Gasteiger partial charge in [-0.2, -0.15) is 22.8 Å². The van der Waals surface area contributed by atoms with Crippen LogP contribution >= 0.6 is 0 Å². The summed E-state index contributed by atoms with van der Waals surface area (Å²) < 4.78 is 40.7. The van der Waals surface area contributed by atoms with Crippen molar-refractivity contribution in [3.8, 4) is 11.3 Å². The zero-order valence-electron chi connectivity index (χ0n) is 19.8. The standard InChI is InChI=1S/C25H29F3N4O2/c1-5-24(23(33)34)11-6-12-31(14-24)22-21(15(2)3)16(4)29-20-13-19(30-32(20)22)17-7-9-18(10-8-17)25(26,27)28/h7-10,13,15H,5-6,11-12,14H2,1-4H3,(H,33,34). The molecule has 1 aromatic carbocycles. The summed E-state index contributed by atoms with van der Waals surface area (Å²) in [6.45, 7) is 9.03. The lowest BCUT2D eigenvalue weighted by Crippen LogP contribution is -2.48. The number of carboxylic acid groups (broad SMARTS) is 1. The molecule has 1 aliphatic rings. The molecule has 0 aliphatic carbocycles. The fraction of sp³-hybridized carbons (Fsp3) is 0.480. The summed E-state index contributed by atoms with van der Waals surface area (Å²) in [4.78, 5) is 19.0. The third-order valence-corrected chi connectivity index (χ3v) is 6.90. The van der Waals surface area contributed by atoms with Crippen LogP contribution < -0.4 is 4.90 Å². The Balaban J connectivity index is 1.86. The normalized spacial score (nSPS) is 19.2. The Morgan fingerprint density at radius 3 is 2.47 bits per heavy atom. The van der Waals surface area contributed by atoms with Crippen molar-refractivity contribution < 1.29 is 23.1 Å². The van der Waals surface area contributed by atoms with E-state index in [0.29, 0.717) is 42.8 Å². The van der Waals surface area contributed by atoms with E-state index in [1.165, 1.54) is 12.1 Å². The Bertz CT molecular complexity index is 1220. The largest absolute Gasteiger partial charge is 0.481 e. The predicted octanol–water partition coefficient (Wildman–Crippen LogP) is 5.93. The fourth-order valence-corrected chi connectivity index (χ4v) is 4.99. The summed E-state index contributed by atoms with van der Waals surface area (Å²) in [5.74, 6) is 0.140. The minimum absolute atomic E-state index is 0.119. The molecular formula is C25H29F3N4O2. The number of rotatable bonds is 5. The van der Waals surface area contributed by atoms with Crippen molar-refractivity contribution in [3.05, 3.63) is 47.2 Å². The van der Waals surface area contributed by atoms with E-state index in [1.54, 1.807) is 10.6 Å². The molecule has 0 radical (unpaired) electrons. The van der Waals surface area contributed by atoms with Gasteiger partial charge in [-0.05, 0) is 44.2 Å². The number of aromatic nitrogens is 3. The molecule has 1 unspecified atom stereocenters. The van der Waals surface area contributed by atoms with E-state index in [2.05, 4.69) is 18.7 Å².